The maximum Gasteiger partial charge on any atom is 0.269 e. The molecule has 1 aromatic heterocycles. The fourth-order valence-corrected chi connectivity index (χ4v) is 2.92. The Morgan fingerprint density at radius 2 is 1.78 bits per heavy atom. The van der Waals surface area contributed by atoms with Crippen LogP contribution in [0, 0.1) is 16.0 Å². The summed E-state index contributed by atoms with van der Waals surface area (Å²) in [7, 11) is 0. The van der Waals surface area contributed by atoms with Crippen LogP contribution in [-0.4, -0.2) is 21.5 Å². The van der Waals surface area contributed by atoms with Crippen molar-refractivity contribution in [2.75, 3.05) is 6.61 Å². The molecule has 120 valence electrons. The Hall–Kier alpha value is -2.50. The Kier molecular flexibility index (Phi) is 4.80. The van der Waals surface area contributed by atoms with Gasteiger partial charge in [-0.05, 0) is 30.9 Å². The van der Waals surface area contributed by atoms with Crippen LogP contribution in [0.4, 0.5) is 5.69 Å². The van der Waals surface area contributed by atoms with Crippen LogP contribution >= 0.6 is 0 Å². The number of nitro benzene ring substituents is 1. The van der Waals surface area contributed by atoms with E-state index in [4.69, 9.17) is 4.74 Å². The number of nitrogens with zero attached hydrogens (tertiary/aromatic N) is 3. The second-order valence-electron chi connectivity index (χ2n) is 5.83. The highest BCUT2D eigenvalue weighted by molar-refractivity contribution is 5.65. The summed E-state index contributed by atoms with van der Waals surface area (Å²) in [5.74, 6) is 1.07. The van der Waals surface area contributed by atoms with Gasteiger partial charge in [-0.1, -0.05) is 19.3 Å². The van der Waals surface area contributed by atoms with Crippen molar-refractivity contribution in [3.63, 3.8) is 0 Å². The molecule has 2 aromatic rings. The predicted octanol–water partition coefficient (Wildman–Crippen LogP) is 4.01. The number of benzene rings is 1. The van der Waals surface area contributed by atoms with E-state index >= 15 is 0 Å². The SMILES string of the molecule is O=[N+]([O-])c1ccc(-c2nccnc2OCC2CCCCC2)cc1. The summed E-state index contributed by atoms with van der Waals surface area (Å²) >= 11 is 0. The third-order valence-electron chi connectivity index (χ3n) is 4.20. The molecule has 0 amide bonds. The van der Waals surface area contributed by atoms with Gasteiger partial charge in [-0.2, -0.15) is 0 Å². The Labute approximate surface area is 134 Å². The van der Waals surface area contributed by atoms with E-state index in [0.717, 1.165) is 5.56 Å². The topological polar surface area (TPSA) is 78.2 Å². The Bertz CT molecular complexity index is 667. The first-order chi connectivity index (χ1) is 11.2. The molecule has 1 aliphatic carbocycles. The maximum atomic E-state index is 10.7. The maximum absolute atomic E-state index is 10.7. The second kappa shape index (κ2) is 7.17. The molecule has 1 saturated carbocycles. The zero-order valence-electron chi connectivity index (χ0n) is 12.9. The minimum absolute atomic E-state index is 0.0577. The lowest BCUT2D eigenvalue weighted by Crippen LogP contribution is -2.16. The summed E-state index contributed by atoms with van der Waals surface area (Å²) in [6.07, 6.45) is 9.46. The van der Waals surface area contributed by atoms with Crippen LogP contribution in [0.5, 0.6) is 5.88 Å². The number of rotatable bonds is 5. The third-order valence-corrected chi connectivity index (χ3v) is 4.20. The van der Waals surface area contributed by atoms with Crippen LogP contribution in [0.2, 0.25) is 0 Å². The van der Waals surface area contributed by atoms with E-state index in [1.807, 2.05) is 0 Å². The number of hydrogen-bond acceptors (Lipinski definition) is 5. The van der Waals surface area contributed by atoms with E-state index < -0.39 is 4.92 Å². The number of nitro groups is 1. The summed E-state index contributed by atoms with van der Waals surface area (Å²) in [5.41, 5.74) is 1.45. The monoisotopic (exact) mass is 313 g/mol. The molecule has 1 fully saturated rings. The second-order valence-corrected chi connectivity index (χ2v) is 5.83. The molecule has 0 bridgehead atoms. The molecule has 1 aromatic carbocycles. The summed E-state index contributed by atoms with van der Waals surface area (Å²) in [5, 5.41) is 10.7. The van der Waals surface area contributed by atoms with Crippen LogP contribution in [0.1, 0.15) is 32.1 Å². The van der Waals surface area contributed by atoms with Crippen LogP contribution in [0.25, 0.3) is 11.3 Å². The van der Waals surface area contributed by atoms with Crippen molar-refractivity contribution in [2.45, 2.75) is 32.1 Å². The van der Waals surface area contributed by atoms with Crippen LogP contribution in [-0.2, 0) is 0 Å². The van der Waals surface area contributed by atoms with Crippen molar-refractivity contribution in [3.8, 4) is 17.1 Å². The molecule has 1 heterocycles. The van der Waals surface area contributed by atoms with E-state index in [-0.39, 0.29) is 5.69 Å². The molecular formula is C17H19N3O3. The average Bonchev–Trinajstić information content (AvgIpc) is 2.61. The van der Waals surface area contributed by atoms with Crippen LogP contribution in [0.3, 0.4) is 0 Å². The van der Waals surface area contributed by atoms with Crippen molar-refractivity contribution in [2.24, 2.45) is 5.92 Å². The average molecular weight is 313 g/mol. The number of ether oxygens (including phenoxy) is 1. The molecule has 0 saturated heterocycles. The Balaban J connectivity index is 1.75. The van der Waals surface area contributed by atoms with Gasteiger partial charge in [0.15, 0.2) is 0 Å². The van der Waals surface area contributed by atoms with E-state index in [2.05, 4.69) is 9.97 Å². The van der Waals surface area contributed by atoms with E-state index in [1.54, 1.807) is 24.5 Å². The minimum Gasteiger partial charge on any atom is -0.476 e. The molecule has 0 spiro atoms. The van der Waals surface area contributed by atoms with E-state index in [9.17, 15) is 10.1 Å². The lowest BCUT2D eigenvalue weighted by atomic mass is 9.90. The molecule has 0 unspecified atom stereocenters. The quantitative estimate of drug-likeness (QED) is 0.615. The van der Waals surface area contributed by atoms with Crippen LogP contribution in [0.15, 0.2) is 36.7 Å². The first-order valence-electron chi connectivity index (χ1n) is 7.92. The molecular weight excluding hydrogens is 294 g/mol. The first-order valence-corrected chi connectivity index (χ1v) is 7.92. The highest BCUT2D eigenvalue weighted by Gasteiger charge is 2.16. The van der Waals surface area contributed by atoms with Gasteiger partial charge in [0.1, 0.15) is 5.69 Å². The molecule has 0 aliphatic heterocycles. The fourth-order valence-electron chi connectivity index (χ4n) is 2.92. The highest BCUT2D eigenvalue weighted by Crippen LogP contribution is 2.29. The van der Waals surface area contributed by atoms with E-state index in [1.165, 1.54) is 44.2 Å². The molecule has 23 heavy (non-hydrogen) atoms. The van der Waals surface area contributed by atoms with Crippen molar-refractivity contribution >= 4 is 5.69 Å². The first kappa shape index (κ1) is 15.4. The molecule has 3 rings (SSSR count). The van der Waals surface area contributed by atoms with Gasteiger partial charge in [0, 0.05) is 30.1 Å². The molecule has 0 radical (unpaired) electrons. The van der Waals surface area contributed by atoms with Gasteiger partial charge in [0.05, 0.1) is 11.5 Å². The van der Waals surface area contributed by atoms with Crippen molar-refractivity contribution in [1.29, 1.82) is 0 Å². The van der Waals surface area contributed by atoms with Gasteiger partial charge >= 0.3 is 0 Å². The van der Waals surface area contributed by atoms with Gasteiger partial charge in [-0.3, -0.25) is 10.1 Å². The number of hydrogen-bond donors (Lipinski definition) is 0. The summed E-state index contributed by atoms with van der Waals surface area (Å²) < 4.78 is 5.90. The summed E-state index contributed by atoms with van der Waals surface area (Å²) in [6.45, 7) is 0.651. The molecule has 0 atom stereocenters. The zero-order chi connectivity index (χ0) is 16.1. The van der Waals surface area contributed by atoms with E-state index in [0.29, 0.717) is 24.1 Å². The van der Waals surface area contributed by atoms with Gasteiger partial charge < -0.3 is 4.74 Å². The van der Waals surface area contributed by atoms with Gasteiger partial charge in [0.2, 0.25) is 5.88 Å². The van der Waals surface area contributed by atoms with Gasteiger partial charge in [-0.15, -0.1) is 0 Å². The lowest BCUT2D eigenvalue weighted by Gasteiger charge is -2.21. The Morgan fingerprint density at radius 3 is 2.48 bits per heavy atom. The fraction of sp³-hybridized carbons (Fsp3) is 0.412. The smallest absolute Gasteiger partial charge is 0.269 e. The number of non-ortho nitro benzene ring substituents is 1. The third kappa shape index (κ3) is 3.83. The molecule has 6 nitrogen and oxygen atoms in total. The van der Waals surface area contributed by atoms with Crippen molar-refractivity contribution in [3.05, 3.63) is 46.8 Å². The largest absolute Gasteiger partial charge is 0.476 e. The molecule has 6 heteroatoms. The zero-order valence-corrected chi connectivity index (χ0v) is 12.9. The molecule has 0 N–H and O–H groups in total. The predicted molar refractivity (Wildman–Crippen MR) is 86.2 cm³/mol. The summed E-state index contributed by atoms with van der Waals surface area (Å²) in [4.78, 5) is 18.9. The lowest BCUT2D eigenvalue weighted by molar-refractivity contribution is -0.384. The highest BCUT2D eigenvalue weighted by atomic mass is 16.6. The van der Waals surface area contributed by atoms with Crippen molar-refractivity contribution in [1.82, 2.24) is 9.97 Å². The van der Waals surface area contributed by atoms with Gasteiger partial charge in [0.25, 0.3) is 5.69 Å². The number of aromatic nitrogens is 2. The normalized spacial score (nSPS) is 15.3. The molecule has 1 aliphatic rings. The van der Waals surface area contributed by atoms with Gasteiger partial charge in [-0.25, -0.2) is 9.97 Å². The minimum atomic E-state index is -0.416. The van der Waals surface area contributed by atoms with Crippen LogP contribution < -0.4 is 4.74 Å². The van der Waals surface area contributed by atoms with Crippen molar-refractivity contribution < 1.29 is 9.66 Å². The summed E-state index contributed by atoms with van der Waals surface area (Å²) in [6, 6.07) is 6.29. The standard InChI is InChI=1S/C17H19N3O3/c21-20(22)15-8-6-14(7-9-15)16-17(19-11-10-18-16)23-12-13-4-2-1-3-5-13/h6-11,13H,1-5,12H2. The Morgan fingerprint density at radius 1 is 1.09 bits per heavy atom.